The maximum atomic E-state index is 8.67. The van der Waals surface area contributed by atoms with Crippen LogP contribution in [0.5, 0.6) is 5.75 Å². The lowest BCUT2D eigenvalue weighted by atomic mass is 10.2. The summed E-state index contributed by atoms with van der Waals surface area (Å²) in [5.41, 5.74) is 5.51. The second-order valence-electron chi connectivity index (χ2n) is 3.04. The Kier molecular flexibility index (Phi) is 4.73. The van der Waals surface area contributed by atoms with Crippen molar-refractivity contribution in [3.63, 3.8) is 0 Å². The minimum atomic E-state index is -0.214. The van der Waals surface area contributed by atoms with Crippen LogP contribution in [0.4, 0.5) is 0 Å². The molecule has 3 N–H and O–H groups in total. The number of hydrogen-bond donors (Lipinski definition) is 2. The molecule has 0 aliphatic carbocycles. The molecule has 0 fully saturated rings. The second-order valence-corrected chi connectivity index (χ2v) is 3.47. The zero-order valence-electron chi connectivity index (χ0n) is 7.82. The van der Waals surface area contributed by atoms with Crippen molar-refractivity contribution in [3.05, 3.63) is 29.3 Å². The molecule has 4 heteroatoms. The minimum absolute atomic E-state index is 0.0150. The molecule has 0 heterocycles. The van der Waals surface area contributed by atoms with E-state index in [1.807, 2.05) is 12.1 Å². The van der Waals surface area contributed by atoms with Crippen molar-refractivity contribution in [1.29, 1.82) is 0 Å². The highest BCUT2D eigenvalue weighted by Crippen LogP contribution is 2.17. The molecule has 1 atom stereocenters. The molecular weight excluding hydrogens is 202 g/mol. The van der Waals surface area contributed by atoms with E-state index in [0.717, 1.165) is 5.75 Å². The second kappa shape index (κ2) is 5.86. The van der Waals surface area contributed by atoms with E-state index in [1.54, 1.807) is 12.1 Å². The number of ether oxygens (including phenoxy) is 1. The summed E-state index contributed by atoms with van der Waals surface area (Å²) >= 11 is 5.77. The zero-order valence-corrected chi connectivity index (χ0v) is 8.57. The summed E-state index contributed by atoms with van der Waals surface area (Å²) in [5.74, 6) is 0.725. The number of benzene rings is 1. The van der Waals surface area contributed by atoms with E-state index in [4.69, 9.17) is 27.2 Å². The smallest absolute Gasteiger partial charge is 0.120 e. The van der Waals surface area contributed by atoms with E-state index in [0.29, 0.717) is 18.1 Å². The molecule has 78 valence electrons. The van der Waals surface area contributed by atoms with E-state index in [2.05, 4.69) is 0 Å². The molecule has 1 aromatic carbocycles. The molecule has 0 aliphatic heterocycles. The third-order valence-electron chi connectivity index (χ3n) is 1.79. The van der Waals surface area contributed by atoms with Gasteiger partial charge in [-0.3, -0.25) is 0 Å². The van der Waals surface area contributed by atoms with Crippen LogP contribution in [0.3, 0.4) is 0 Å². The van der Waals surface area contributed by atoms with Crippen LogP contribution < -0.4 is 10.5 Å². The topological polar surface area (TPSA) is 55.5 Å². The van der Waals surface area contributed by atoms with Crippen LogP contribution >= 0.6 is 11.6 Å². The normalized spacial score (nSPS) is 12.5. The average molecular weight is 216 g/mol. The third kappa shape index (κ3) is 3.96. The number of rotatable bonds is 5. The molecule has 0 saturated carbocycles. The van der Waals surface area contributed by atoms with Crippen molar-refractivity contribution >= 4 is 11.6 Å². The van der Waals surface area contributed by atoms with E-state index >= 15 is 0 Å². The summed E-state index contributed by atoms with van der Waals surface area (Å²) in [7, 11) is 0. The van der Waals surface area contributed by atoms with Gasteiger partial charge in [0.25, 0.3) is 0 Å². The van der Waals surface area contributed by atoms with Crippen molar-refractivity contribution in [2.45, 2.75) is 12.5 Å². The van der Waals surface area contributed by atoms with Gasteiger partial charge in [0.1, 0.15) is 5.75 Å². The average Bonchev–Trinajstić information content (AvgIpc) is 2.17. The molecule has 14 heavy (non-hydrogen) atoms. The minimum Gasteiger partial charge on any atom is -0.493 e. The largest absolute Gasteiger partial charge is 0.493 e. The highest BCUT2D eigenvalue weighted by atomic mass is 35.5. The fourth-order valence-electron chi connectivity index (χ4n) is 0.976. The highest BCUT2D eigenvalue weighted by molar-refractivity contribution is 6.30. The van der Waals surface area contributed by atoms with Crippen LogP contribution in [-0.2, 0) is 0 Å². The Bertz CT molecular complexity index is 281. The lowest BCUT2D eigenvalue weighted by Crippen LogP contribution is -2.26. The highest BCUT2D eigenvalue weighted by Gasteiger charge is 2.00. The molecule has 0 bridgehead atoms. The summed E-state index contributed by atoms with van der Waals surface area (Å²) in [6.07, 6.45) is 0.628. The van der Waals surface area contributed by atoms with Gasteiger partial charge < -0.3 is 15.6 Å². The Labute approximate surface area is 88.4 Å². The fourth-order valence-corrected chi connectivity index (χ4v) is 1.16. The Morgan fingerprint density at radius 3 is 2.93 bits per heavy atom. The number of hydrogen-bond acceptors (Lipinski definition) is 3. The van der Waals surface area contributed by atoms with Gasteiger partial charge in [-0.1, -0.05) is 17.7 Å². The van der Waals surface area contributed by atoms with Gasteiger partial charge in [0.15, 0.2) is 0 Å². The molecule has 0 unspecified atom stereocenters. The van der Waals surface area contributed by atoms with Crippen LogP contribution in [-0.4, -0.2) is 24.4 Å². The Morgan fingerprint density at radius 2 is 2.29 bits per heavy atom. The van der Waals surface area contributed by atoms with Gasteiger partial charge in [-0.05, 0) is 24.6 Å². The molecular formula is C10H14ClNO2. The number of aliphatic hydroxyl groups is 1. The Morgan fingerprint density at radius 1 is 1.50 bits per heavy atom. The number of aliphatic hydroxyl groups excluding tert-OH is 1. The first-order chi connectivity index (χ1) is 6.72. The van der Waals surface area contributed by atoms with Gasteiger partial charge in [0.05, 0.1) is 13.2 Å². The third-order valence-corrected chi connectivity index (χ3v) is 2.02. The number of halogens is 1. The lowest BCUT2D eigenvalue weighted by molar-refractivity contribution is 0.230. The van der Waals surface area contributed by atoms with Gasteiger partial charge in [0, 0.05) is 11.1 Å². The predicted molar refractivity (Wildman–Crippen MR) is 56.6 cm³/mol. The van der Waals surface area contributed by atoms with Crippen LogP contribution in [0.15, 0.2) is 24.3 Å². The summed E-state index contributed by atoms with van der Waals surface area (Å²) in [5, 5.41) is 9.32. The summed E-state index contributed by atoms with van der Waals surface area (Å²) in [4.78, 5) is 0. The summed E-state index contributed by atoms with van der Waals surface area (Å²) < 4.78 is 5.38. The van der Waals surface area contributed by atoms with E-state index in [1.165, 1.54) is 0 Å². The van der Waals surface area contributed by atoms with Crippen LogP contribution in [0.2, 0.25) is 5.02 Å². The molecule has 0 spiro atoms. The first-order valence-corrected chi connectivity index (χ1v) is 4.85. The molecule has 0 saturated heterocycles. The molecule has 0 aliphatic rings. The summed E-state index contributed by atoms with van der Waals surface area (Å²) in [6.45, 7) is 0.473. The van der Waals surface area contributed by atoms with E-state index in [-0.39, 0.29) is 12.6 Å². The molecule has 0 aromatic heterocycles. The van der Waals surface area contributed by atoms with Crippen molar-refractivity contribution in [1.82, 2.24) is 0 Å². The maximum absolute atomic E-state index is 8.67. The van der Waals surface area contributed by atoms with Crippen LogP contribution in [0.25, 0.3) is 0 Å². The van der Waals surface area contributed by atoms with Gasteiger partial charge >= 0.3 is 0 Å². The zero-order chi connectivity index (χ0) is 10.4. The molecule has 1 rings (SSSR count). The summed E-state index contributed by atoms with van der Waals surface area (Å²) in [6, 6.07) is 6.97. The SMILES string of the molecule is N[C@H](CO)CCOc1cccc(Cl)c1. The first-order valence-electron chi connectivity index (χ1n) is 4.47. The number of nitrogens with two attached hydrogens (primary N) is 1. The monoisotopic (exact) mass is 215 g/mol. The van der Waals surface area contributed by atoms with Crippen molar-refractivity contribution in [2.24, 2.45) is 5.73 Å². The lowest BCUT2D eigenvalue weighted by Gasteiger charge is -2.09. The Hall–Kier alpha value is -0.770. The van der Waals surface area contributed by atoms with E-state index in [9.17, 15) is 0 Å². The molecule has 1 aromatic rings. The van der Waals surface area contributed by atoms with Gasteiger partial charge in [0.2, 0.25) is 0 Å². The van der Waals surface area contributed by atoms with E-state index < -0.39 is 0 Å². The molecule has 3 nitrogen and oxygen atoms in total. The first kappa shape index (κ1) is 11.3. The Balaban J connectivity index is 2.31. The van der Waals surface area contributed by atoms with Crippen molar-refractivity contribution in [2.75, 3.05) is 13.2 Å². The van der Waals surface area contributed by atoms with Crippen LogP contribution in [0, 0.1) is 0 Å². The molecule has 0 amide bonds. The van der Waals surface area contributed by atoms with Crippen LogP contribution in [0.1, 0.15) is 6.42 Å². The maximum Gasteiger partial charge on any atom is 0.120 e. The van der Waals surface area contributed by atoms with Crippen molar-refractivity contribution < 1.29 is 9.84 Å². The quantitative estimate of drug-likeness (QED) is 0.782. The van der Waals surface area contributed by atoms with Gasteiger partial charge in [-0.15, -0.1) is 0 Å². The standard InChI is InChI=1S/C10H14ClNO2/c11-8-2-1-3-10(6-8)14-5-4-9(12)7-13/h1-3,6,9,13H,4-5,7,12H2/t9-/m0/s1. The molecule has 0 radical (unpaired) electrons. The van der Waals surface area contributed by atoms with Crippen molar-refractivity contribution in [3.8, 4) is 5.75 Å². The predicted octanol–water partition coefficient (Wildman–Crippen LogP) is 1.43. The van der Waals surface area contributed by atoms with Gasteiger partial charge in [-0.2, -0.15) is 0 Å². The van der Waals surface area contributed by atoms with Gasteiger partial charge in [-0.25, -0.2) is 0 Å². The fraction of sp³-hybridized carbons (Fsp3) is 0.400.